The largest absolute Gasteiger partial charge is 0.326 e. The Morgan fingerprint density at radius 2 is 2.00 bits per heavy atom. The Balaban J connectivity index is 3.61. The lowest BCUT2D eigenvalue weighted by molar-refractivity contribution is 0.995. The average molecular weight is 152 g/mol. The Morgan fingerprint density at radius 3 is 2.55 bits per heavy atom. The van der Waals surface area contributed by atoms with E-state index in [1.165, 1.54) is 6.08 Å². The summed E-state index contributed by atoms with van der Waals surface area (Å²) in [6.45, 7) is 5.07. The van der Waals surface area contributed by atoms with Crippen LogP contribution in [0.3, 0.4) is 0 Å². The molecule has 11 heavy (non-hydrogen) atoms. The first kappa shape index (κ1) is 7.53. The number of H-pyrrole nitrogens is 2. The number of aromatic amines is 2. The lowest BCUT2D eigenvalue weighted by atomic mass is 10.2. The highest BCUT2D eigenvalue weighted by atomic mass is 16.2. The normalized spacial score (nSPS) is 9.55. The van der Waals surface area contributed by atoms with Gasteiger partial charge in [-0.25, -0.2) is 4.79 Å². The van der Waals surface area contributed by atoms with Gasteiger partial charge < -0.3 is 4.98 Å². The highest BCUT2D eigenvalue weighted by Gasteiger charge is 1.98. The monoisotopic (exact) mass is 152 g/mol. The molecule has 0 saturated heterocycles. The molecule has 0 spiro atoms. The van der Waals surface area contributed by atoms with E-state index < -0.39 is 5.69 Å². The van der Waals surface area contributed by atoms with E-state index in [1.54, 1.807) is 6.92 Å². The smallest absolute Gasteiger partial charge is 0.307 e. The second-order valence-corrected chi connectivity index (χ2v) is 2.15. The van der Waals surface area contributed by atoms with E-state index in [-0.39, 0.29) is 5.56 Å². The van der Waals surface area contributed by atoms with Crippen LogP contribution in [0, 0.1) is 6.92 Å². The van der Waals surface area contributed by atoms with Crippen LogP contribution in [0.15, 0.2) is 16.2 Å². The average Bonchev–Trinajstić information content (AvgIpc) is 1.96. The van der Waals surface area contributed by atoms with Gasteiger partial charge in [-0.05, 0) is 13.0 Å². The molecule has 4 heteroatoms. The molecule has 2 N–H and O–H groups in total. The van der Waals surface area contributed by atoms with Gasteiger partial charge in [0.2, 0.25) is 0 Å². The third-order valence-corrected chi connectivity index (χ3v) is 1.42. The summed E-state index contributed by atoms with van der Waals surface area (Å²) in [4.78, 5) is 26.1. The Hall–Kier alpha value is -1.58. The van der Waals surface area contributed by atoms with Gasteiger partial charge in [0.25, 0.3) is 5.56 Å². The zero-order chi connectivity index (χ0) is 8.43. The van der Waals surface area contributed by atoms with Crippen molar-refractivity contribution in [3.8, 4) is 0 Å². The summed E-state index contributed by atoms with van der Waals surface area (Å²) in [5.41, 5.74) is 0.0671. The Kier molecular flexibility index (Phi) is 1.76. The lowest BCUT2D eigenvalue weighted by Gasteiger charge is -1.95. The predicted molar refractivity (Wildman–Crippen MR) is 42.5 cm³/mol. The van der Waals surface area contributed by atoms with E-state index in [1.807, 2.05) is 0 Å². The fourth-order valence-corrected chi connectivity index (χ4v) is 0.771. The van der Waals surface area contributed by atoms with Gasteiger partial charge in [-0.3, -0.25) is 9.78 Å². The molecular formula is C7H8N2O2. The summed E-state index contributed by atoms with van der Waals surface area (Å²) in [6.07, 6.45) is 1.44. The fourth-order valence-electron chi connectivity index (χ4n) is 0.771. The maximum Gasteiger partial charge on any atom is 0.326 e. The van der Waals surface area contributed by atoms with E-state index in [4.69, 9.17) is 0 Å². The van der Waals surface area contributed by atoms with Crippen molar-refractivity contribution in [2.45, 2.75) is 6.92 Å². The first-order valence-corrected chi connectivity index (χ1v) is 3.11. The topological polar surface area (TPSA) is 65.7 Å². The van der Waals surface area contributed by atoms with Crippen molar-refractivity contribution in [2.24, 2.45) is 0 Å². The van der Waals surface area contributed by atoms with Crippen LogP contribution in [0.5, 0.6) is 0 Å². The quantitative estimate of drug-likeness (QED) is 0.595. The second-order valence-electron chi connectivity index (χ2n) is 2.15. The number of aromatic nitrogens is 2. The molecular weight excluding hydrogens is 144 g/mol. The van der Waals surface area contributed by atoms with Crippen LogP contribution in [0.2, 0.25) is 0 Å². The van der Waals surface area contributed by atoms with Crippen molar-refractivity contribution < 1.29 is 0 Å². The van der Waals surface area contributed by atoms with Crippen LogP contribution in [0.25, 0.3) is 6.08 Å². The van der Waals surface area contributed by atoms with Crippen molar-refractivity contribution >= 4 is 6.08 Å². The molecule has 0 amide bonds. The number of rotatable bonds is 1. The molecule has 0 aliphatic rings. The van der Waals surface area contributed by atoms with Gasteiger partial charge in [0.1, 0.15) is 0 Å². The summed E-state index contributed by atoms with van der Waals surface area (Å²) in [5.74, 6) is 0. The predicted octanol–water partition coefficient (Wildman–Crippen LogP) is 0.0146. The van der Waals surface area contributed by atoms with E-state index in [2.05, 4.69) is 16.5 Å². The summed E-state index contributed by atoms with van der Waals surface area (Å²) >= 11 is 0. The van der Waals surface area contributed by atoms with Gasteiger partial charge in [0.05, 0.1) is 5.69 Å². The third-order valence-electron chi connectivity index (χ3n) is 1.42. The molecule has 1 heterocycles. The van der Waals surface area contributed by atoms with E-state index in [0.29, 0.717) is 11.3 Å². The van der Waals surface area contributed by atoms with Crippen LogP contribution in [-0.4, -0.2) is 9.97 Å². The van der Waals surface area contributed by atoms with Gasteiger partial charge in [0, 0.05) is 5.56 Å². The summed E-state index contributed by atoms with van der Waals surface area (Å²) in [7, 11) is 0. The fraction of sp³-hybridized carbons (Fsp3) is 0.143. The summed E-state index contributed by atoms with van der Waals surface area (Å²) < 4.78 is 0. The van der Waals surface area contributed by atoms with Gasteiger partial charge in [-0.1, -0.05) is 6.58 Å². The Labute approximate surface area is 62.6 Å². The molecule has 0 aromatic carbocycles. The first-order valence-electron chi connectivity index (χ1n) is 3.11. The van der Waals surface area contributed by atoms with Crippen LogP contribution in [0.1, 0.15) is 11.3 Å². The Morgan fingerprint density at radius 1 is 1.36 bits per heavy atom. The van der Waals surface area contributed by atoms with Gasteiger partial charge in [-0.15, -0.1) is 0 Å². The zero-order valence-corrected chi connectivity index (χ0v) is 6.10. The third kappa shape index (κ3) is 1.29. The maximum absolute atomic E-state index is 10.9. The molecule has 1 aromatic rings. The van der Waals surface area contributed by atoms with Gasteiger partial charge in [0.15, 0.2) is 0 Å². The Bertz CT molecular complexity index is 386. The van der Waals surface area contributed by atoms with Gasteiger partial charge in [-0.2, -0.15) is 0 Å². The van der Waals surface area contributed by atoms with Crippen molar-refractivity contribution in [3.63, 3.8) is 0 Å². The molecule has 0 bridgehead atoms. The molecule has 4 nitrogen and oxygen atoms in total. The highest BCUT2D eigenvalue weighted by Crippen LogP contribution is 1.94. The van der Waals surface area contributed by atoms with Gasteiger partial charge >= 0.3 is 5.69 Å². The molecule has 0 radical (unpaired) electrons. The molecule has 58 valence electrons. The van der Waals surface area contributed by atoms with E-state index >= 15 is 0 Å². The summed E-state index contributed by atoms with van der Waals surface area (Å²) in [5, 5.41) is 0. The lowest BCUT2D eigenvalue weighted by Crippen LogP contribution is -2.25. The van der Waals surface area contributed by atoms with Crippen molar-refractivity contribution in [2.75, 3.05) is 0 Å². The minimum absolute atomic E-state index is 0.372. The van der Waals surface area contributed by atoms with Crippen molar-refractivity contribution in [1.29, 1.82) is 0 Å². The molecule has 0 saturated carbocycles. The zero-order valence-electron chi connectivity index (χ0n) is 6.10. The summed E-state index contributed by atoms with van der Waals surface area (Å²) in [6, 6.07) is 0. The number of hydrogen-bond donors (Lipinski definition) is 2. The highest BCUT2D eigenvalue weighted by molar-refractivity contribution is 5.44. The molecule has 0 aliphatic heterocycles. The second kappa shape index (κ2) is 2.57. The standard InChI is InChI=1S/C7H8N2O2/c1-3-5-4(2)6(10)9-7(11)8-5/h3H,1H2,2H3,(H2,8,9,10,11). The van der Waals surface area contributed by atoms with Crippen LogP contribution >= 0.6 is 0 Å². The molecule has 0 atom stereocenters. The molecule has 0 aliphatic carbocycles. The molecule has 0 fully saturated rings. The molecule has 1 aromatic heterocycles. The molecule has 0 unspecified atom stereocenters. The minimum atomic E-state index is -0.504. The SMILES string of the molecule is C=Cc1[nH]c(=O)[nH]c(=O)c1C. The number of hydrogen-bond acceptors (Lipinski definition) is 2. The van der Waals surface area contributed by atoms with Crippen LogP contribution in [0.4, 0.5) is 0 Å². The van der Waals surface area contributed by atoms with E-state index in [0.717, 1.165) is 0 Å². The number of nitrogens with one attached hydrogen (secondary N) is 2. The molecule has 1 rings (SSSR count). The van der Waals surface area contributed by atoms with Crippen molar-refractivity contribution in [1.82, 2.24) is 9.97 Å². The van der Waals surface area contributed by atoms with Crippen molar-refractivity contribution in [3.05, 3.63) is 38.7 Å². The maximum atomic E-state index is 10.9. The van der Waals surface area contributed by atoms with Crippen LogP contribution in [-0.2, 0) is 0 Å². The van der Waals surface area contributed by atoms with Crippen LogP contribution < -0.4 is 11.2 Å². The van der Waals surface area contributed by atoms with E-state index in [9.17, 15) is 9.59 Å². The minimum Gasteiger partial charge on any atom is -0.307 e. The first-order chi connectivity index (χ1) is 5.15.